The first-order valence-corrected chi connectivity index (χ1v) is 9.38. The van der Waals surface area contributed by atoms with Crippen LogP contribution in [0, 0.1) is 0 Å². The van der Waals surface area contributed by atoms with E-state index in [9.17, 15) is 4.79 Å². The Kier molecular flexibility index (Phi) is 6.47. The third kappa shape index (κ3) is 4.97. The number of anilines is 1. The number of hydrogen-bond donors (Lipinski definition) is 2. The summed E-state index contributed by atoms with van der Waals surface area (Å²) in [4.78, 5) is 16.7. The number of methoxy groups -OCH3 is 1. The van der Waals surface area contributed by atoms with Crippen molar-refractivity contribution < 1.29 is 9.53 Å². The zero-order valence-corrected chi connectivity index (χ0v) is 15.3. The Morgan fingerprint density at radius 2 is 2.00 bits per heavy atom. The first-order valence-electron chi connectivity index (χ1n) is 9.38. The smallest absolute Gasteiger partial charge is 0.253 e. The predicted molar refractivity (Wildman–Crippen MR) is 104 cm³/mol. The summed E-state index contributed by atoms with van der Waals surface area (Å²) in [7, 11) is 1.69. The van der Waals surface area contributed by atoms with E-state index in [0.717, 1.165) is 42.8 Å². The number of rotatable bonds is 7. The number of benzene rings is 1. The Hall–Kier alpha value is -2.56. The molecule has 0 spiro atoms. The Morgan fingerprint density at radius 3 is 2.81 bits per heavy atom. The fraction of sp³-hybridized carbons (Fsp3) is 0.429. The molecule has 1 aromatic heterocycles. The Labute approximate surface area is 155 Å². The molecule has 26 heavy (non-hydrogen) atoms. The van der Waals surface area contributed by atoms with Gasteiger partial charge in [0, 0.05) is 25.0 Å². The largest absolute Gasteiger partial charge is 0.496 e. The summed E-state index contributed by atoms with van der Waals surface area (Å²) in [6, 6.07) is 10.2. The highest BCUT2D eigenvalue weighted by Gasteiger charge is 2.17. The second-order valence-electron chi connectivity index (χ2n) is 6.76. The number of aromatic nitrogens is 1. The summed E-state index contributed by atoms with van der Waals surface area (Å²) in [6.45, 7) is 0.746. The number of ether oxygens (including phenoxy) is 1. The van der Waals surface area contributed by atoms with Gasteiger partial charge in [0.15, 0.2) is 0 Å². The van der Waals surface area contributed by atoms with Crippen molar-refractivity contribution in [2.45, 2.75) is 44.6 Å². The van der Waals surface area contributed by atoms with E-state index in [1.165, 1.54) is 19.3 Å². The van der Waals surface area contributed by atoms with Crippen molar-refractivity contribution in [1.82, 2.24) is 10.3 Å². The van der Waals surface area contributed by atoms with Gasteiger partial charge < -0.3 is 15.4 Å². The molecule has 5 heteroatoms. The van der Waals surface area contributed by atoms with Crippen LogP contribution >= 0.6 is 0 Å². The molecule has 1 aromatic carbocycles. The molecule has 0 unspecified atom stereocenters. The van der Waals surface area contributed by atoms with Crippen molar-refractivity contribution in [3.05, 3.63) is 53.9 Å². The van der Waals surface area contributed by atoms with Crippen LogP contribution in [0.3, 0.4) is 0 Å². The zero-order chi connectivity index (χ0) is 18.2. The van der Waals surface area contributed by atoms with Crippen LogP contribution in [0.25, 0.3) is 0 Å². The monoisotopic (exact) mass is 353 g/mol. The second-order valence-corrected chi connectivity index (χ2v) is 6.76. The molecule has 0 saturated heterocycles. The molecular weight excluding hydrogens is 326 g/mol. The summed E-state index contributed by atoms with van der Waals surface area (Å²) in [5, 5.41) is 6.48. The van der Waals surface area contributed by atoms with E-state index in [4.69, 9.17) is 4.74 Å². The van der Waals surface area contributed by atoms with E-state index in [1.54, 1.807) is 19.5 Å². The molecule has 3 rings (SSSR count). The van der Waals surface area contributed by atoms with Gasteiger partial charge in [-0.05, 0) is 37.0 Å². The van der Waals surface area contributed by atoms with Gasteiger partial charge in [0.25, 0.3) is 5.91 Å². The van der Waals surface area contributed by atoms with E-state index in [-0.39, 0.29) is 5.91 Å². The maximum atomic E-state index is 12.4. The molecule has 1 fully saturated rings. The van der Waals surface area contributed by atoms with Gasteiger partial charge in [0.05, 0.1) is 18.4 Å². The normalized spacial score (nSPS) is 14.7. The summed E-state index contributed by atoms with van der Waals surface area (Å²) < 4.78 is 5.38. The molecule has 2 aromatic rings. The van der Waals surface area contributed by atoms with Crippen molar-refractivity contribution >= 4 is 11.6 Å². The number of nitrogens with one attached hydrogen (secondary N) is 2. The van der Waals surface area contributed by atoms with Crippen LogP contribution in [0.4, 0.5) is 5.69 Å². The highest BCUT2D eigenvalue weighted by atomic mass is 16.5. The SMILES string of the molecule is COc1ccccc1CCNc1cncc(C(=O)NC2CCCCC2)c1. The van der Waals surface area contributed by atoms with Gasteiger partial charge in [-0.1, -0.05) is 37.5 Å². The van der Waals surface area contributed by atoms with Gasteiger partial charge in [0.2, 0.25) is 0 Å². The van der Waals surface area contributed by atoms with Crippen molar-refractivity contribution in [2.24, 2.45) is 0 Å². The molecule has 138 valence electrons. The number of nitrogens with zero attached hydrogens (tertiary/aromatic N) is 1. The van der Waals surface area contributed by atoms with E-state index >= 15 is 0 Å². The van der Waals surface area contributed by atoms with E-state index < -0.39 is 0 Å². The first kappa shape index (κ1) is 18.2. The predicted octanol–water partition coefficient (Wildman–Crippen LogP) is 3.81. The third-order valence-corrected chi connectivity index (χ3v) is 4.86. The molecular formula is C21H27N3O2. The average Bonchev–Trinajstić information content (AvgIpc) is 2.69. The molecule has 1 aliphatic rings. The average molecular weight is 353 g/mol. The topological polar surface area (TPSA) is 63.2 Å². The van der Waals surface area contributed by atoms with Crippen LogP contribution < -0.4 is 15.4 Å². The summed E-state index contributed by atoms with van der Waals surface area (Å²) in [5.41, 5.74) is 2.62. The Bertz CT molecular complexity index is 727. The lowest BCUT2D eigenvalue weighted by Crippen LogP contribution is -2.36. The van der Waals surface area contributed by atoms with Crippen LogP contribution in [0.5, 0.6) is 5.75 Å². The van der Waals surface area contributed by atoms with E-state index in [0.29, 0.717) is 11.6 Å². The van der Waals surface area contributed by atoms with Crippen LogP contribution in [0.15, 0.2) is 42.7 Å². The molecule has 1 amide bonds. The standard InChI is InChI=1S/C21H27N3O2/c1-26-20-10-6-5-7-16(20)11-12-23-19-13-17(14-22-15-19)21(25)24-18-8-3-2-4-9-18/h5-7,10,13-15,18,23H,2-4,8-9,11-12H2,1H3,(H,24,25). The minimum Gasteiger partial charge on any atom is -0.496 e. The molecule has 0 atom stereocenters. The van der Waals surface area contributed by atoms with Gasteiger partial charge >= 0.3 is 0 Å². The number of hydrogen-bond acceptors (Lipinski definition) is 4. The Morgan fingerprint density at radius 1 is 1.19 bits per heavy atom. The summed E-state index contributed by atoms with van der Waals surface area (Å²) in [6.07, 6.45) is 10.1. The van der Waals surface area contributed by atoms with Crippen LogP contribution in [0.1, 0.15) is 48.0 Å². The molecule has 1 heterocycles. The van der Waals surface area contributed by atoms with Gasteiger partial charge in [-0.3, -0.25) is 9.78 Å². The van der Waals surface area contributed by atoms with Gasteiger partial charge in [0.1, 0.15) is 5.75 Å². The lowest BCUT2D eigenvalue weighted by Gasteiger charge is -2.22. The zero-order valence-electron chi connectivity index (χ0n) is 15.3. The van der Waals surface area contributed by atoms with E-state index in [2.05, 4.69) is 21.7 Å². The lowest BCUT2D eigenvalue weighted by molar-refractivity contribution is 0.0927. The highest BCUT2D eigenvalue weighted by Crippen LogP contribution is 2.19. The van der Waals surface area contributed by atoms with Crippen molar-refractivity contribution in [1.29, 1.82) is 0 Å². The number of amides is 1. The fourth-order valence-electron chi connectivity index (χ4n) is 3.43. The second kappa shape index (κ2) is 9.22. The quantitative estimate of drug-likeness (QED) is 0.794. The van der Waals surface area contributed by atoms with Crippen LogP contribution in [0.2, 0.25) is 0 Å². The molecule has 0 bridgehead atoms. The number of carbonyl (C=O) groups excluding carboxylic acids is 1. The molecule has 2 N–H and O–H groups in total. The third-order valence-electron chi connectivity index (χ3n) is 4.86. The number of pyridine rings is 1. The van der Waals surface area contributed by atoms with E-state index in [1.807, 2.05) is 24.3 Å². The van der Waals surface area contributed by atoms with Gasteiger partial charge in [-0.2, -0.15) is 0 Å². The van der Waals surface area contributed by atoms with Crippen LogP contribution in [-0.4, -0.2) is 30.6 Å². The summed E-state index contributed by atoms with van der Waals surface area (Å²) >= 11 is 0. The molecule has 0 radical (unpaired) electrons. The summed E-state index contributed by atoms with van der Waals surface area (Å²) in [5.74, 6) is 0.866. The Balaban J connectivity index is 1.54. The van der Waals surface area contributed by atoms with Crippen molar-refractivity contribution in [3.63, 3.8) is 0 Å². The van der Waals surface area contributed by atoms with Gasteiger partial charge in [-0.25, -0.2) is 0 Å². The maximum absolute atomic E-state index is 12.4. The minimum atomic E-state index is -0.0298. The maximum Gasteiger partial charge on any atom is 0.253 e. The molecule has 0 aliphatic heterocycles. The van der Waals surface area contributed by atoms with Crippen molar-refractivity contribution in [2.75, 3.05) is 19.0 Å². The number of carbonyl (C=O) groups is 1. The minimum absolute atomic E-state index is 0.0298. The highest BCUT2D eigenvalue weighted by molar-refractivity contribution is 5.94. The first-order chi connectivity index (χ1) is 12.8. The van der Waals surface area contributed by atoms with Crippen molar-refractivity contribution in [3.8, 4) is 5.75 Å². The van der Waals surface area contributed by atoms with Crippen LogP contribution in [-0.2, 0) is 6.42 Å². The lowest BCUT2D eigenvalue weighted by atomic mass is 9.95. The molecule has 1 aliphatic carbocycles. The molecule has 1 saturated carbocycles. The fourth-order valence-corrected chi connectivity index (χ4v) is 3.43. The molecule has 5 nitrogen and oxygen atoms in total. The van der Waals surface area contributed by atoms with Gasteiger partial charge in [-0.15, -0.1) is 0 Å². The number of para-hydroxylation sites is 1.